The summed E-state index contributed by atoms with van der Waals surface area (Å²) >= 11 is 0. The predicted molar refractivity (Wildman–Crippen MR) is 67.8 cm³/mol. The van der Waals surface area contributed by atoms with Gasteiger partial charge in [0.05, 0.1) is 7.11 Å². The van der Waals surface area contributed by atoms with Crippen molar-refractivity contribution in [1.82, 2.24) is 5.32 Å². The second kappa shape index (κ2) is 6.51. The molecule has 0 aliphatic carbocycles. The second-order valence-electron chi connectivity index (χ2n) is 4.08. The van der Waals surface area contributed by atoms with Gasteiger partial charge in [-0.15, -0.1) is 0 Å². The third-order valence-electron chi connectivity index (χ3n) is 2.66. The third-order valence-corrected chi connectivity index (χ3v) is 2.66. The Morgan fingerprint density at radius 2 is 2.06 bits per heavy atom. The Balaban J connectivity index is 2.70. The second-order valence-corrected chi connectivity index (χ2v) is 4.08. The van der Waals surface area contributed by atoms with Crippen molar-refractivity contribution in [2.24, 2.45) is 5.73 Å². The lowest BCUT2D eigenvalue weighted by Crippen LogP contribution is -2.18. The van der Waals surface area contributed by atoms with E-state index in [0.717, 1.165) is 31.8 Å². The smallest absolute Gasteiger partial charge is 0.123 e. The van der Waals surface area contributed by atoms with Crippen LogP contribution in [0.4, 0.5) is 0 Å². The van der Waals surface area contributed by atoms with E-state index in [1.165, 1.54) is 16.7 Å². The highest BCUT2D eigenvalue weighted by Crippen LogP contribution is 2.23. The molecule has 0 aliphatic rings. The molecule has 1 aromatic rings. The fourth-order valence-corrected chi connectivity index (χ4v) is 1.81. The highest BCUT2D eigenvalue weighted by atomic mass is 16.5. The van der Waals surface area contributed by atoms with Crippen molar-refractivity contribution in [3.05, 3.63) is 28.8 Å². The van der Waals surface area contributed by atoms with Gasteiger partial charge in [0, 0.05) is 12.1 Å². The molecule has 0 unspecified atom stereocenters. The van der Waals surface area contributed by atoms with Gasteiger partial charge in [-0.05, 0) is 50.6 Å². The van der Waals surface area contributed by atoms with Gasteiger partial charge in [-0.2, -0.15) is 0 Å². The SMILES string of the molecule is COc1cc(C)cc(C)c1CNCCCN. The molecule has 16 heavy (non-hydrogen) atoms. The van der Waals surface area contributed by atoms with Crippen molar-refractivity contribution in [2.45, 2.75) is 26.8 Å². The van der Waals surface area contributed by atoms with Crippen molar-refractivity contribution >= 4 is 0 Å². The summed E-state index contributed by atoms with van der Waals surface area (Å²) in [5.41, 5.74) is 9.20. The molecule has 90 valence electrons. The summed E-state index contributed by atoms with van der Waals surface area (Å²) in [6.07, 6.45) is 1.01. The van der Waals surface area contributed by atoms with E-state index in [2.05, 4.69) is 31.3 Å². The number of ether oxygens (including phenoxy) is 1. The molecular formula is C13H22N2O. The van der Waals surface area contributed by atoms with E-state index in [9.17, 15) is 0 Å². The van der Waals surface area contributed by atoms with Crippen LogP contribution < -0.4 is 15.8 Å². The zero-order valence-corrected chi connectivity index (χ0v) is 10.5. The lowest BCUT2D eigenvalue weighted by molar-refractivity contribution is 0.407. The van der Waals surface area contributed by atoms with E-state index in [0.29, 0.717) is 0 Å². The maximum absolute atomic E-state index is 5.45. The normalized spacial score (nSPS) is 10.5. The van der Waals surface area contributed by atoms with Crippen LogP contribution in [0.15, 0.2) is 12.1 Å². The first kappa shape index (κ1) is 13.0. The van der Waals surface area contributed by atoms with E-state index < -0.39 is 0 Å². The number of aryl methyl sites for hydroxylation is 2. The topological polar surface area (TPSA) is 47.3 Å². The quantitative estimate of drug-likeness (QED) is 0.721. The number of hydrogen-bond donors (Lipinski definition) is 2. The van der Waals surface area contributed by atoms with E-state index in [-0.39, 0.29) is 0 Å². The Morgan fingerprint density at radius 1 is 1.31 bits per heavy atom. The Morgan fingerprint density at radius 3 is 2.69 bits per heavy atom. The number of methoxy groups -OCH3 is 1. The summed E-state index contributed by atoms with van der Waals surface area (Å²) in [6.45, 7) is 6.73. The van der Waals surface area contributed by atoms with E-state index in [1.807, 2.05) is 0 Å². The molecule has 0 saturated carbocycles. The van der Waals surface area contributed by atoms with Crippen molar-refractivity contribution in [1.29, 1.82) is 0 Å². The summed E-state index contributed by atoms with van der Waals surface area (Å²) in [4.78, 5) is 0. The summed E-state index contributed by atoms with van der Waals surface area (Å²) in [6, 6.07) is 4.26. The molecule has 3 heteroatoms. The molecule has 3 nitrogen and oxygen atoms in total. The zero-order chi connectivity index (χ0) is 12.0. The maximum Gasteiger partial charge on any atom is 0.123 e. The molecule has 0 amide bonds. The van der Waals surface area contributed by atoms with E-state index in [1.54, 1.807) is 7.11 Å². The summed E-state index contributed by atoms with van der Waals surface area (Å²) < 4.78 is 5.40. The molecular weight excluding hydrogens is 200 g/mol. The summed E-state index contributed by atoms with van der Waals surface area (Å²) in [7, 11) is 1.72. The Hall–Kier alpha value is -1.06. The number of hydrogen-bond acceptors (Lipinski definition) is 3. The minimum absolute atomic E-state index is 0.733. The molecule has 0 atom stereocenters. The monoisotopic (exact) mass is 222 g/mol. The van der Waals surface area contributed by atoms with Crippen LogP contribution >= 0.6 is 0 Å². The molecule has 0 aromatic heterocycles. The van der Waals surface area contributed by atoms with Crippen molar-refractivity contribution in [3.8, 4) is 5.75 Å². The van der Waals surface area contributed by atoms with Crippen LogP contribution in [0.25, 0.3) is 0 Å². The van der Waals surface area contributed by atoms with Gasteiger partial charge in [0.2, 0.25) is 0 Å². The van der Waals surface area contributed by atoms with Gasteiger partial charge in [0.1, 0.15) is 5.75 Å². The third kappa shape index (κ3) is 3.51. The fourth-order valence-electron chi connectivity index (χ4n) is 1.81. The van der Waals surface area contributed by atoms with E-state index >= 15 is 0 Å². The lowest BCUT2D eigenvalue weighted by Gasteiger charge is -2.13. The Bertz CT molecular complexity index is 337. The van der Waals surface area contributed by atoms with Crippen LogP contribution in [0.5, 0.6) is 5.75 Å². The number of rotatable bonds is 6. The average Bonchev–Trinajstić information content (AvgIpc) is 2.26. The van der Waals surface area contributed by atoms with Gasteiger partial charge in [-0.3, -0.25) is 0 Å². The largest absolute Gasteiger partial charge is 0.496 e. The van der Waals surface area contributed by atoms with Crippen molar-refractivity contribution in [2.75, 3.05) is 20.2 Å². The van der Waals surface area contributed by atoms with Gasteiger partial charge in [0.25, 0.3) is 0 Å². The highest BCUT2D eigenvalue weighted by Gasteiger charge is 2.06. The molecule has 0 bridgehead atoms. The number of benzene rings is 1. The minimum atomic E-state index is 0.733. The minimum Gasteiger partial charge on any atom is -0.496 e. The van der Waals surface area contributed by atoms with Gasteiger partial charge >= 0.3 is 0 Å². The summed E-state index contributed by atoms with van der Waals surface area (Å²) in [5.74, 6) is 0.970. The predicted octanol–water partition coefficient (Wildman–Crippen LogP) is 1.75. The molecule has 0 heterocycles. The lowest BCUT2D eigenvalue weighted by atomic mass is 10.0. The van der Waals surface area contributed by atoms with Gasteiger partial charge in [-0.1, -0.05) is 6.07 Å². The molecule has 3 N–H and O–H groups in total. The van der Waals surface area contributed by atoms with E-state index in [4.69, 9.17) is 10.5 Å². The first-order chi connectivity index (χ1) is 7.69. The number of nitrogens with two attached hydrogens (primary N) is 1. The van der Waals surface area contributed by atoms with Crippen molar-refractivity contribution in [3.63, 3.8) is 0 Å². The van der Waals surface area contributed by atoms with Crippen LogP contribution in [0.2, 0.25) is 0 Å². The standard InChI is InChI=1S/C13H22N2O/c1-10-7-11(2)12(13(8-10)16-3)9-15-6-4-5-14/h7-8,15H,4-6,9,14H2,1-3H3. The molecule has 0 fully saturated rings. The molecule has 0 saturated heterocycles. The first-order valence-electron chi connectivity index (χ1n) is 5.74. The number of nitrogens with one attached hydrogen (secondary N) is 1. The Labute approximate surface area is 98.0 Å². The molecule has 1 rings (SSSR count). The van der Waals surface area contributed by atoms with Crippen LogP contribution in [0.3, 0.4) is 0 Å². The molecule has 0 aliphatic heterocycles. The Kier molecular flexibility index (Phi) is 5.29. The van der Waals surface area contributed by atoms with Crippen LogP contribution in [-0.4, -0.2) is 20.2 Å². The van der Waals surface area contributed by atoms with Crippen LogP contribution in [0, 0.1) is 13.8 Å². The van der Waals surface area contributed by atoms with Crippen LogP contribution in [-0.2, 0) is 6.54 Å². The molecule has 0 spiro atoms. The van der Waals surface area contributed by atoms with Crippen LogP contribution in [0.1, 0.15) is 23.1 Å². The zero-order valence-electron chi connectivity index (χ0n) is 10.5. The molecule has 1 aromatic carbocycles. The average molecular weight is 222 g/mol. The first-order valence-corrected chi connectivity index (χ1v) is 5.74. The fraction of sp³-hybridized carbons (Fsp3) is 0.538. The molecule has 0 radical (unpaired) electrons. The van der Waals surface area contributed by atoms with Gasteiger partial charge in [0.15, 0.2) is 0 Å². The van der Waals surface area contributed by atoms with Crippen molar-refractivity contribution < 1.29 is 4.74 Å². The highest BCUT2D eigenvalue weighted by molar-refractivity contribution is 5.42. The summed E-state index contributed by atoms with van der Waals surface area (Å²) in [5, 5.41) is 3.38. The van der Waals surface area contributed by atoms with Gasteiger partial charge < -0.3 is 15.8 Å². The van der Waals surface area contributed by atoms with Gasteiger partial charge in [-0.25, -0.2) is 0 Å². The maximum atomic E-state index is 5.45.